The standard InChI is InChI=1S/C24H29N5O3/c1-29(2)13-5-12-25-23(30)11-8-17-6-9-18(10-7-17)28-24-19-14-21(31-3)22(32-4)15-20(19)26-16-27-24/h6-11,14-16H,5,12-13H2,1-4H3,(H,25,30)(H,26,27,28). The van der Waals surface area contributed by atoms with Crippen LogP contribution < -0.4 is 20.1 Å². The van der Waals surface area contributed by atoms with Gasteiger partial charge in [0.15, 0.2) is 11.5 Å². The van der Waals surface area contributed by atoms with E-state index in [0.29, 0.717) is 23.9 Å². The van der Waals surface area contributed by atoms with Crippen LogP contribution in [0.5, 0.6) is 11.5 Å². The van der Waals surface area contributed by atoms with Crippen LogP contribution in [-0.4, -0.2) is 62.2 Å². The number of amides is 1. The van der Waals surface area contributed by atoms with Gasteiger partial charge in [-0.1, -0.05) is 12.1 Å². The SMILES string of the molecule is COc1cc2ncnc(Nc3ccc(C=CC(=O)NCCCN(C)C)cc3)c2cc1OC. The zero-order chi connectivity index (χ0) is 22.9. The smallest absolute Gasteiger partial charge is 0.243 e. The van der Waals surface area contributed by atoms with Gasteiger partial charge >= 0.3 is 0 Å². The third-order valence-electron chi connectivity index (χ3n) is 4.82. The van der Waals surface area contributed by atoms with Gasteiger partial charge in [0.2, 0.25) is 5.91 Å². The molecule has 1 amide bonds. The molecule has 0 fully saturated rings. The molecule has 1 aromatic heterocycles. The van der Waals surface area contributed by atoms with Crippen LogP contribution in [0, 0.1) is 0 Å². The molecule has 0 saturated carbocycles. The number of carbonyl (C=O) groups is 1. The van der Waals surface area contributed by atoms with E-state index in [1.165, 1.54) is 6.33 Å². The van der Waals surface area contributed by atoms with Gasteiger partial charge in [-0.2, -0.15) is 0 Å². The second-order valence-corrected chi connectivity index (χ2v) is 7.47. The van der Waals surface area contributed by atoms with Crippen LogP contribution >= 0.6 is 0 Å². The highest BCUT2D eigenvalue weighted by Crippen LogP contribution is 2.34. The highest BCUT2D eigenvalue weighted by Gasteiger charge is 2.11. The summed E-state index contributed by atoms with van der Waals surface area (Å²) >= 11 is 0. The highest BCUT2D eigenvalue weighted by molar-refractivity contribution is 5.93. The van der Waals surface area contributed by atoms with Crippen LogP contribution in [0.4, 0.5) is 11.5 Å². The first-order chi connectivity index (χ1) is 15.5. The van der Waals surface area contributed by atoms with E-state index in [1.54, 1.807) is 26.4 Å². The molecule has 168 valence electrons. The molecule has 3 aromatic rings. The Balaban J connectivity index is 1.66. The minimum absolute atomic E-state index is 0.0946. The third kappa shape index (κ3) is 6.18. The van der Waals surface area contributed by atoms with Crippen LogP contribution in [0.3, 0.4) is 0 Å². The Bertz CT molecular complexity index is 1080. The molecule has 0 bridgehead atoms. The number of hydrogen-bond acceptors (Lipinski definition) is 7. The van der Waals surface area contributed by atoms with Gasteiger partial charge in [0.1, 0.15) is 12.1 Å². The summed E-state index contributed by atoms with van der Waals surface area (Å²) < 4.78 is 10.8. The Labute approximate surface area is 188 Å². The average Bonchev–Trinajstić information content (AvgIpc) is 2.80. The van der Waals surface area contributed by atoms with Crippen molar-refractivity contribution in [1.29, 1.82) is 0 Å². The van der Waals surface area contributed by atoms with Crippen molar-refractivity contribution < 1.29 is 14.3 Å². The summed E-state index contributed by atoms with van der Waals surface area (Å²) in [6.45, 7) is 1.61. The van der Waals surface area contributed by atoms with E-state index in [0.717, 1.165) is 35.1 Å². The monoisotopic (exact) mass is 435 g/mol. The maximum atomic E-state index is 11.9. The quantitative estimate of drug-likeness (QED) is 0.372. The summed E-state index contributed by atoms with van der Waals surface area (Å²) in [5.41, 5.74) is 2.54. The molecule has 0 saturated heterocycles. The van der Waals surface area contributed by atoms with Crippen molar-refractivity contribution in [3.05, 3.63) is 54.4 Å². The van der Waals surface area contributed by atoms with Crippen LogP contribution in [0.1, 0.15) is 12.0 Å². The molecule has 3 rings (SSSR count). The minimum atomic E-state index is -0.0946. The molecule has 0 spiro atoms. The molecule has 2 N–H and O–H groups in total. The summed E-state index contributed by atoms with van der Waals surface area (Å²) in [4.78, 5) is 22.7. The Morgan fingerprint density at radius 3 is 2.47 bits per heavy atom. The van der Waals surface area contributed by atoms with E-state index in [2.05, 4.69) is 25.5 Å². The molecule has 0 atom stereocenters. The molecular formula is C24H29N5O3. The third-order valence-corrected chi connectivity index (χ3v) is 4.82. The van der Waals surface area contributed by atoms with Crippen LogP contribution in [0.25, 0.3) is 17.0 Å². The van der Waals surface area contributed by atoms with Gasteiger partial charge in [-0.05, 0) is 56.9 Å². The summed E-state index contributed by atoms with van der Waals surface area (Å²) in [7, 11) is 7.22. The first kappa shape index (κ1) is 23.0. The number of ether oxygens (including phenoxy) is 2. The lowest BCUT2D eigenvalue weighted by atomic mass is 10.1. The maximum Gasteiger partial charge on any atom is 0.243 e. The first-order valence-corrected chi connectivity index (χ1v) is 10.3. The van der Waals surface area contributed by atoms with E-state index in [1.807, 2.05) is 50.5 Å². The Hall–Kier alpha value is -3.65. The van der Waals surface area contributed by atoms with Crippen molar-refractivity contribution >= 4 is 34.4 Å². The fourth-order valence-electron chi connectivity index (χ4n) is 3.13. The predicted octanol–water partition coefficient (Wildman–Crippen LogP) is 3.47. The largest absolute Gasteiger partial charge is 0.493 e. The highest BCUT2D eigenvalue weighted by atomic mass is 16.5. The normalized spacial score (nSPS) is 11.2. The summed E-state index contributed by atoms with van der Waals surface area (Å²) in [5, 5.41) is 7.02. The Morgan fingerprint density at radius 1 is 1.06 bits per heavy atom. The van der Waals surface area contributed by atoms with Gasteiger partial charge in [-0.15, -0.1) is 0 Å². The summed E-state index contributed by atoms with van der Waals surface area (Å²) in [6, 6.07) is 11.4. The number of aromatic nitrogens is 2. The molecule has 0 radical (unpaired) electrons. The van der Waals surface area contributed by atoms with Crippen LogP contribution in [0.15, 0.2) is 48.8 Å². The molecule has 32 heavy (non-hydrogen) atoms. The second-order valence-electron chi connectivity index (χ2n) is 7.47. The van der Waals surface area contributed by atoms with E-state index in [4.69, 9.17) is 9.47 Å². The average molecular weight is 436 g/mol. The first-order valence-electron chi connectivity index (χ1n) is 10.3. The number of anilines is 2. The maximum absolute atomic E-state index is 11.9. The summed E-state index contributed by atoms with van der Waals surface area (Å²) in [6.07, 6.45) is 5.77. The molecular weight excluding hydrogens is 406 g/mol. The van der Waals surface area contributed by atoms with Gasteiger partial charge in [0, 0.05) is 29.8 Å². The second kappa shape index (κ2) is 11.1. The van der Waals surface area contributed by atoms with Crippen molar-refractivity contribution in [3.8, 4) is 11.5 Å². The van der Waals surface area contributed by atoms with Crippen LogP contribution in [0.2, 0.25) is 0 Å². The molecule has 8 heteroatoms. The molecule has 1 heterocycles. The van der Waals surface area contributed by atoms with Crippen LogP contribution in [-0.2, 0) is 4.79 Å². The number of methoxy groups -OCH3 is 2. The number of hydrogen-bond donors (Lipinski definition) is 2. The number of rotatable bonds is 10. The topological polar surface area (TPSA) is 88.6 Å². The molecule has 0 aliphatic carbocycles. The fourth-order valence-corrected chi connectivity index (χ4v) is 3.13. The van der Waals surface area contributed by atoms with Gasteiger partial charge in [-0.3, -0.25) is 4.79 Å². The van der Waals surface area contributed by atoms with Gasteiger partial charge in [-0.25, -0.2) is 9.97 Å². The number of nitrogens with one attached hydrogen (secondary N) is 2. The molecule has 0 aliphatic heterocycles. The molecule has 0 unspecified atom stereocenters. The lowest BCUT2D eigenvalue weighted by Crippen LogP contribution is -2.25. The van der Waals surface area contributed by atoms with E-state index in [-0.39, 0.29) is 5.91 Å². The lowest BCUT2D eigenvalue weighted by molar-refractivity contribution is -0.116. The van der Waals surface area contributed by atoms with E-state index in [9.17, 15) is 4.79 Å². The van der Waals surface area contributed by atoms with E-state index < -0.39 is 0 Å². The number of fused-ring (bicyclic) bond motifs is 1. The number of benzene rings is 2. The van der Waals surface area contributed by atoms with Gasteiger partial charge < -0.3 is 25.0 Å². The van der Waals surface area contributed by atoms with Crippen molar-refractivity contribution in [2.24, 2.45) is 0 Å². The summed E-state index contributed by atoms with van der Waals surface area (Å²) in [5.74, 6) is 1.79. The van der Waals surface area contributed by atoms with Crippen molar-refractivity contribution in [1.82, 2.24) is 20.2 Å². The van der Waals surface area contributed by atoms with Crippen molar-refractivity contribution in [2.45, 2.75) is 6.42 Å². The van der Waals surface area contributed by atoms with Gasteiger partial charge in [0.05, 0.1) is 19.7 Å². The predicted molar refractivity (Wildman–Crippen MR) is 128 cm³/mol. The van der Waals surface area contributed by atoms with Crippen molar-refractivity contribution in [3.63, 3.8) is 0 Å². The van der Waals surface area contributed by atoms with E-state index >= 15 is 0 Å². The van der Waals surface area contributed by atoms with Crippen molar-refractivity contribution in [2.75, 3.05) is 46.7 Å². The lowest BCUT2D eigenvalue weighted by Gasteiger charge is -2.12. The van der Waals surface area contributed by atoms with Gasteiger partial charge in [0.25, 0.3) is 0 Å². The minimum Gasteiger partial charge on any atom is -0.493 e. The number of carbonyl (C=O) groups excluding carboxylic acids is 1. The fraction of sp³-hybridized carbons (Fsp3) is 0.292. The zero-order valence-corrected chi connectivity index (χ0v) is 18.9. The Morgan fingerprint density at radius 2 is 1.78 bits per heavy atom. The number of nitrogens with zero attached hydrogens (tertiary/aromatic N) is 3. The molecule has 2 aromatic carbocycles. The zero-order valence-electron chi connectivity index (χ0n) is 18.9. The molecule has 8 nitrogen and oxygen atoms in total. The Kier molecular flexibility index (Phi) is 7.99. The molecule has 0 aliphatic rings.